The summed E-state index contributed by atoms with van der Waals surface area (Å²) in [6.07, 6.45) is 16.5. The number of rotatable bonds is 5. The third-order valence-electron chi connectivity index (χ3n) is 8.56. The molecule has 0 radical (unpaired) electrons. The topological polar surface area (TPSA) is 60.7 Å². The average molecular weight is 417 g/mol. The zero-order chi connectivity index (χ0) is 22.1. The summed E-state index contributed by atoms with van der Waals surface area (Å²) < 4.78 is 0. The summed E-state index contributed by atoms with van der Waals surface area (Å²) >= 11 is 0. The fourth-order valence-corrected chi connectivity index (χ4v) is 6.39. The molecule has 0 aromatic carbocycles. The van der Waals surface area contributed by atoms with Crippen molar-refractivity contribution in [1.29, 1.82) is 0 Å². The summed E-state index contributed by atoms with van der Waals surface area (Å²) in [6.45, 7) is 10.7. The van der Waals surface area contributed by atoms with Crippen molar-refractivity contribution in [3.63, 3.8) is 0 Å². The van der Waals surface area contributed by atoms with Crippen molar-refractivity contribution in [3.8, 4) is 0 Å². The van der Waals surface area contributed by atoms with Crippen LogP contribution in [0.25, 0.3) is 0 Å². The number of hydrogen-bond acceptors (Lipinski definition) is 3. The van der Waals surface area contributed by atoms with E-state index in [9.17, 15) is 15.3 Å². The zero-order valence-electron chi connectivity index (χ0n) is 19.8. The van der Waals surface area contributed by atoms with Crippen molar-refractivity contribution < 1.29 is 15.3 Å². The van der Waals surface area contributed by atoms with E-state index in [1.807, 2.05) is 13.8 Å². The van der Waals surface area contributed by atoms with Crippen molar-refractivity contribution in [2.24, 2.45) is 29.1 Å². The van der Waals surface area contributed by atoms with Crippen LogP contribution in [0, 0.1) is 29.1 Å². The standard InChI is InChI=1S/C27H44O3/c1-18(8-9-19(2)26(3,4)30)24-12-13-25-21(7-6-14-27(24,25)5)11-10-20-15-22(28)17-23(29)16-20/h8-11,18-19,22-25,28-30H,6-7,12-17H2,1-5H3/b9-8+,21-11+/t18-,19-,22+,23+,24+,25-,27+/m0/s1. The maximum Gasteiger partial charge on any atom is 0.0651 e. The maximum absolute atomic E-state index is 10.2. The summed E-state index contributed by atoms with van der Waals surface area (Å²) in [4.78, 5) is 0. The van der Waals surface area contributed by atoms with E-state index in [0.717, 1.165) is 0 Å². The molecule has 0 spiro atoms. The monoisotopic (exact) mass is 416 g/mol. The van der Waals surface area contributed by atoms with Crippen LogP contribution in [0.3, 0.4) is 0 Å². The van der Waals surface area contributed by atoms with Gasteiger partial charge in [-0.3, -0.25) is 0 Å². The van der Waals surface area contributed by atoms with Gasteiger partial charge in [-0.25, -0.2) is 0 Å². The lowest BCUT2D eigenvalue weighted by Crippen LogP contribution is -2.35. The van der Waals surface area contributed by atoms with Crippen molar-refractivity contribution in [3.05, 3.63) is 35.5 Å². The second-order valence-corrected chi connectivity index (χ2v) is 11.3. The first-order chi connectivity index (χ1) is 14.0. The van der Waals surface area contributed by atoms with E-state index in [-0.39, 0.29) is 5.92 Å². The molecule has 3 aliphatic carbocycles. The van der Waals surface area contributed by atoms with Gasteiger partial charge in [0.05, 0.1) is 17.8 Å². The number of aliphatic hydroxyl groups is 3. The summed E-state index contributed by atoms with van der Waals surface area (Å²) in [6, 6.07) is 0. The molecule has 3 nitrogen and oxygen atoms in total. The third kappa shape index (κ3) is 5.29. The van der Waals surface area contributed by atoms with E-state index >= 15 is 0 Å². The first-order valence-corrected chi connectivity index (χ1v) is 12.2. The molecule has 30 heavy (non-hydrogen) atoms. The Morgan fingerprint density at radius 1 is 1.03 bits per heavy atom. The summed E-state index contributed by atoms with van der Waals surface area (Å²) in [5.74, 6) is 2.00. The van der Waals surface area contributed by atoms with Gasteiger partial charge in [-0.2, -0.15) is 0 Å². The molecule has 7 atom stereocenters. The molecule has 3 heteroatoms. The number of allylic oxidation sites excluding steroid dienone is 4. The van der Waals surface area contributed by atoms with E-state index in [1.54, 1.807) is 5.57 Å². The first-order valence-electron chi connectivity index (χ1n) is 12.2. The maximum atomic E-state index is 10.2. The number of hydrogen-bond donors (Lipinski definition) is 3. The molecule has 0 aromatic rings. The van der Waals surface area contributed by atoms with Crippen LogP contribution in [0.15, 0.2) is 35.5 Å². The van der Waals surface area contributed by atoms with Gasteiger partial charge < -0.3 is 15.3 Å². The summed E-state index contributed by atoms with van der Waals surface area (Å²) in [7, 11) is 0. The van der Waals surface area contributed by atoms with Crippen LogP contribution in [-0.2, 0) is 0 Å². The van der Waals surface area contributed by atoms with Gasteiger partial charge in [0.25, 0.3) is 0 Å². The number of fused-ring (bicyclic) bond motifs is 1. The largest absolute Gasteiger partial charge is 0.393 e. The van der Waals surface area contributed by atoms with Gasteiger partial charge in [0.2, 0.25) is 0 Å². The predicted octanol–water partition coefficient (Wildman–Crippen LogP) is 5.56. The third-order valence-corrected chi connectivity index (χ3v) is 8.56. The van der Waals surface area contributed by atoms with Crippen LogP contribution in [0.5, 0.6) is 0 Å². The van der Waals surface area contributed by atoms with Crippen LogP contribution in [0.2, 0.25) is 0 Å². The molecule has 3 fully saturated rings. The highest BCUT2D eigenvalue weighted by Crippen LogP contribution is 2.59. The molecule has 3 aliphatic rings. The quantitative estimate of drug-likeness (QED) is 0.514. The fraction of sp³-hybridized carbons (Fsp3) is 0.778. The second-order valence-electron chi connectivity index (χ2n) is 11.3. The summed E-state index contributed by atoms with van der Waals surface area (Å²) in [5.41, 5.74) is 2.43. The van der Waals surface area contributed by atoms with Crippen LogP contribution in [0.1, 0.15) is 86.0 Å². The van der Waals surface area contributed by atoms with Crippen LogP contribution in [0.4, 0.5) is 0 Å². The van der Waals surface area contributed by atoms with Gasteiger partial charge in [0.1, 0.15) is 0 Å². The van der Waals surface area contributed by atoms with Crippen LogP contribution >= 0.6 is 0 Å². The Morgan fingerprint density at radius 3 is 2.33 bits per heavy atom. The van der Waals surface area contributed by atoms with E-state index in [2.05, 4.69) is 45.1 Å². The normalized spacial score (nSPS) is 38.7. The van der Waals surface area contributed by atoms with Gasteiger partial charge in [-0.15, -0.1) is 0 Å². The fourth-order valence-electron chi connectivity index (χ4n) is 6.39. The van der Waals surface area contributed by atoms with Gasteiger partial charge >= 0.3 is 0 Å². The smallest absolute Gasteiger partial charge is 0.0651 e. The van der Waals surface area contributed by atoms with Crippen LogP contribution in [-0.4, -0.2) is 33.1 Å². The minimum absolute atomic E-state index is 0.152. The van der Waals surface area contributed by atoms with Crippen LogP contribution < -0.4 is 0 Å². The van der Waals surface area contributed by atoms with E-state index in [4.69, 9.17) is 0 Å². The van der Waals surface area contributed by atoms with Gasteiger partial charge in [0, 0.05) is 5.92 Å². The van der Waals surface area contributed by atoms with Gasteiger partial charge in [-0.1, -0.05) is 56.2 Å². The average Bonchev–Trinajstić information content (AvgIpc) is 3.00. The van der Waals surface area contributed by atoms with Crippen molar-refractivity contribution >= 4 is 0 Å². The SMILES string of the molecule is C[C@@H](/C=C/[C@H](C)C(C)(C)O)[C@H]1CC[C@H]2/C(=C/C=C3C[C@@H](O)C[C@H](O)C3)CCC[C@]12C. The molecule has 3 saturated carbocycles. The zero-order valence-corrected chi connectivity index (χ0v) is 19.8. The Morgan fingerprint density at radius 2 is 1.70 bits per heavy atom. The lowest BCUT2D eigenvalue weighted by molar-refractivity contribution is 0.0436. The Kier molecular flexibility index (Phi) is 7.37. The molecule has 3 N–H and O–H groups in total. The molecular weight excluding hydrogens is 372 g/mol. The molecule has 0 aliphatic heterocycles. The minimum Gasteiger partial charge on any atom is -0.393 e. The molecule has 0 bridgehead atoms. The summed E-state index contributed by atoms with van der Waals surface area (Å²) in [5, 5.41) is 30.2. The molecule has 0 saturated heterocycles. The lowest BCUT2D eigenvalue weighted by atomic mass is 9.61. The first kappa shape index (κ1) is 23.8. The van der Waals surface area contributed by atoms with E-state index < -0.39 is 17.8 Å². The molecule has 0 unspecified atom stereocenters. The van der Waals surface area contributed by atoms with Gasteiger partial charge in [-0.05, 0) is 88.4 Å². The van der Waals surface area contributed by atoms with Crippen molar-refractivity contribution in [1.82, 2.24) is 0 Å². The highest BCUT2D eigenvalue weighted by atomic mass is 16.3. The minimum atomic E-state index is -0.674. The molecule has 170 valence electrons. The Balaban J connectivity index is 1.73. The predicted molar refractivity (Wildman–Crippen MR) is 124 cm³/mol. The highest BCUT2D eigenvalue weighted by molar-refractivity contribution is 5.26. The van der Waals surface area contributed by atoms with Gasteiger partial charge in [0.15, 0.2) is 0 Å². The number of aliphatic hydroxyl groups excluding tert-OH is 2. The Bertz CT molecular complexity index is 671. The van der Waals surface area contributed by atoms with E-state index in [0.29, 0.717) is 42.4 Å². The molecule has 0 heterocycles. The molecule has 3 rings (SSSR count). The molecule has 0 amide bonds. The van der Waals surface area contributed by atoms with E-state index in [1.165, 1.54) is 37.7 Å². The Hall–Kier alpha value is -0.900. The highest BCUT2D eigenvalue weighted by Gasteiger charge is 2.50. The Labute approximate surface area is 184 Å². The van der Waals surface area contributed by atoms with Crippen molar-refractivity contribution in [2.75, 3.05) is 0 Å². The molecular formula is C27H44O3. The molecule has 0 aromatic heterocycles. The van der Waals surface area contributed by atoms with Crippen molar-refractivity contribution in [2.45, 2.75) is 104 Å². The second kappa shape index (κ2) is 9.30. The lowest BCUT2D eigenvalue weighted by Gasteiger charge is -2.44.